The fraction of sp³-hybridized carbons (Fsp3) is 0.238. The number of aryl methyl sites for hydroxylation is 2. The molecule has 0 radical (unpaired) electrons. The van der Waals surface area contributed by atoms with Crippen LogP contribution in [0, 0.1) is 13.8 Å². The highest BCUT2D eigenvalue weighted by molar-refractivity contribution is 6.31. The number of benzene rings is 2. The number of aromatic nitrogens is 1. The highest BCUT2D eigenvalue weighted by Gasteiger charge is 2.41. The van der Waals surface area contributed by atoms with Gasteiger partial charge in [-0.3, -0.25) is 0 Å². The van der Waals surface area contributed by atoms with Gasteiger partial charge in [-0.15, -0.1) is 0 Å². The minimum atomic E-state index is -4.44. The van der Waals surface area contributed by atoms with Crippen molar-refractivity contribution in [2.24, 2.45) is 0 Å². The molecule has 1 N–H and O–H groups in total. The molecule has 0 aliphatic heterocycles. The zero-order valence-electron chi connectivity index (χ0n) is 15.0. The summed E-state index contributed by atoms with van der Waals surface area (Å²) in [5.41, 5.74) is 3.17. The lowest BCUT2D eigenvalue weighted by Gasteiger charge is -2.24. The molecule has 0 aliphatic rings. The van der Waals surface area contributed by atoms with E-state index in [-0.39, 0.29) is 5.56 Å². The van der Waals surface area contributed by atoms with E-state index in [0.29, 0.717) is 22.8 Å². The van der Waals surface area contributed by atoms with E-state index < -0.39 is 12.2 Å². The summed E-state index contributed by atoms with van der Waals surface area (Å²) in [5.74, 6) is 0. The van der Waals surface area contributed by atoms with Gasteiger partial charge >= 0.3 is 6.18 Å². The molecule has 3 rings (SSSR count). The van der Waals surface area contributed by atoms with Gasteiger partial charge in [0, 0.05) is 29.6 Å². The fourth-order valence-corrected chi connectivity index (χ4v) is 3.09. The van der Waals surface area contributed by atoms with E-state index in [2.05, 4.69) is 5.32 Å². The molecule has 2 nitrogen and oxygen atoms in total. The Morgan fingerprint density at radius 3 is 2.33 bits per heavy atom. The zero-order valence-corrected chi connectivity index (χ0v) is 15.8. The largest absolute Gasteiger partial charge is 0.412 e. The molecule has 0 saturated heterocycles. The third-order valence-corrected chi connectivity index (χ3v) is 4.95. The first-order valence-electron chi connectivity index (χ1n) is 8.53. The summed E-state index contributed by atoms with van der Waals surface area (Å²) in [6.45, 7) is 4.25. The average molecular weight is 393 g/mol. The van der Waals surface area contributed by atoms with E-state index in [9.17, 15) is 13.2 Å². The van der Waals surface area contributed by atoms with Crippen LogP contribution < -0.4 is 5.32 Å². The summed E-state index contributed by atoms with van der Waals surface area (Å²) in [4.78, 5) is 0. The van der Waals surface area contributed by atoms with Gasteiger partial charge in [-0.05, 0) is 66.4 Å². The van der Waals surface area contributed by atoms with Crippen LogP contribution >= 0.6 is 11.6 Å². The molecule has 0 amide bonds. The van der Waals surface area contributed by atoms with E-state index in [1.807, 2.05) is 42.1 Å². The van der Waals surface area contributed by atoms with Gasteiger partial charge in [0.15, 0.2) is 0 Å². The van der Waals surface area contributed by atoms with Crippen LogP contribution in [0.1, 0.15) is 28.3 Å². The van der Waals surface area contributed by atoms with Crippen molar-refractivity contribution in [2.45, 2.75) is 32.6 Å². The van der Waals surface area contributed by atoms with Gasteiger partial charge in [0.05, 0.1) is 0 Å². The summed E-state index contributed by atoms with van der Waals surface area (Å²) in [7, 11) is 0. The van der Waals surface area contributed by atoms with Crippen LogP contribution in [0.15, 0.2) is 60.9 Å². The van der Waals surface area contributed by atoms with Gasteiger partial charge in [-0.2, -0.15) is 13.2 Å². The quantitative estimate of drug-likeness (QED) is 0.522. The zero-order chi connectivity index (χ0) is 19.6. The maximum Gasteiger partial charge on any atom is 0.412 e. The van der Waals surface area contributed by atoms with Crippen molar-refractivity contribution < 1.29 is 13.2 Å². The number of hydrogen-bond acceptors (Lipinski definition) is 1. The summed E-state index contributed by atoms with van der Waals surface area (Å²) < 4.78 is 43.1. The number of rotatable bonds is 5. The lowest BCUT2D eigenvalue weighted by Crippen LogP contribution is -2.28. The Morgan fingerprint density at radius 2 is 1.70 bits per heavy atom. The van der Waals surface area contributed by atoms with Gasteiger partial charge in [0.25, 0.3) is 0 Å². The van der Waals surface area contributed by atoms with Crippen molar-refractivity contribution in [3.8, 4) is 0 Å². The number of anilines is 1. The number of alkyl halides is 3. The molecule has 1 heterocycles. The van der Waals surface area contributed by atoms with Gasteiger partial charge < -0.3 is 9.88 Å². The highest BCUT2D eigenvalue weighted by atomic mass is 35.5. The highest BCUT2D eigenvalue weighted by Crippen LogP contribution is 2.37. The van der Waals surface area contributed by atoms with Crippen molar-refractivity contribution in [3.63, 3.8) is 0 Å². The smallest absolute Gasteiger partial charge is 0.370 e. The van der Waals surface area contributed by atoms with Crippen LogP contribution in [0.25, 0.3) is 0 Å². The third-order valence-electron chi connectivity index (χ3n) is 4.52. The molecule has 0 unspecified atom stereocenters. The second-order valence-electron chi connectivity index (χ2n) is 6.62. The lowest BCUT2D eigenvalue weighted by atomic mass is 10.0. The maximum atomic E-state index is 13.7. The topological polar surface area (TPSA) is 17.0 Å². The molecule has 0 aliphatic carbocycles. The Labute approximate surface area is 161 Å². The van der Waals surface area contributed by atoms with E-state index >= 15 is 0 Å². The number of halogens is 4. The molecular weight excluding hydrogens is 373 g/mol. The van der Waals surface area contributed by atoms with E-state index in [1.165, 1.54) is 18.2 Å². The van der Waals surface area contributed by atoms with Crippen molar-refractivity contribution in [2.75, 3.05) is 5.32 Å². The molecule has 27 heavy (non-hydrogen) atoms. The molecule has 142 valence electrons. The maximum absolute atomic E-state index is 13.7. The molecule has 2 aromatic carbocycles. The summed E-state index contributed by atoms with van der Waals surface area (Å²) in [5, 5.41) is 3.10. The van der Waals surface area contributed by atoms with Gasteiger partial charge in [-0.25, -0.2) is 0 Å². The first-order chi connectivity index (χ1) is 12.7. The Kier molecular flexibility index (Phi) is 5.51. The minimum Gasteiger partial charge on any atom is -0.370 e. The number of nitrogens with zero attached hydrogens (tertiary/aromatic N) is 1. The van der Waals surface area contributed by atoms with Gasteiger partial charge in [-0.1, -0.05) is 29.8 Å². The van der Waals surface area contributed by atoms with Crippen LogP contribution in [0.2, 0.25) is 5.02 Å². The summed E-state index contributed by atoms with van der Waals surface area (Å²) >= 11 is 5.96. The molecule has 0 spiro atoms. The molecule has 0 fully saturated rings. The van der Waals surface area contributed by atoms with Gasteiger partial charge in [0.1, 0.15) is 6.04 Å². The normalized spacial score (nSPS) is 12.8. The van der Waals surface area contributed by atoms with Crippen LogP contribution in [-0.4, -0.2) is 10.7 Å². The predicted octanol–water partition coefficient (Wildman–Crippen LogP) is 6.52. The van der Waals surface area contributed by atoms with Crippen molar-refractivity contribution in [1.82, 2.24) is 4.57 Å². The Bertz CT molecular complexity index is 918. The average Bonchev–Trinajstić information content (AvgIpc) is 3.10. The van der Waals surface area contributed by atoms with Crippen LogP contribution in [-0.2, 0) is 6.54 Å². The Hall–Kier alpha value is -2.40. The molecule has 0 saturated carbocycles. The van der Waals surface area contributed by atoms with E-state index in [4.69, 9.17) is 11.6 Å². The predicted molar refractivity (Wildman–Crippen MR) is 103 cm³/mol. The first-order valence-corrected chi connectivity index (χ1v) is 8.91. The van der Waals surface area contributed by atoms with Crippen LogP contribution in [0.5, 0.6) is 0 Å². The Balaban J connectivity index is 1.91. The molecule has 6 heteroatoms. The van der Waals surface area contributed by atoms with Crippen molar-refractivity contribution in [1.29, 1.82) is 0 Å². The first kappa shape index (κ1) is 19.4. The Morgan fingerprint density at radius 1 is 1.00 bits per heavy atom. The van der Waals surface area contributed by atoms with Crippen LogP contribution in [0.4, 0.5) is 18.9 Å². The van der Waals surface area contributed by atoms with E-state index in [0.717, 1.165) is 11.1 Å². The monoisotopic (exact) mass is 392 g/mol. The van der Waals surface area contributed by atoms with Crippen molar-refractivity contribution in [3.05, 3.63) is 88.2 Å². The summed E-state index contributed by atoms with van der Waals surface area (Å²) in [6, 6.07) is 11.7. The molecule has 1 aromatic heterocycles. The molecule has 3 aromatic rings. The van der Waals surface area contributed by atoms with E-state index in [1.54, 1.807) is 19.1 Å². The third kappa shape index (κ3) is 4.66. The molecular formula is C21H20ClF3N2. The fourth-order valence-electron chi connectivity index (χ4n) is 2.97. The second kappa shape index (κ2) is 7.69. The minimum absolute atomic E-state index is 0.136. The molecule has 1 atom stereocenters. The summed E-state index contributed by atoms with van der Waals surface area (Å²) in [6.07, 6.45) is -0.588. The second-order valence-corrected chi connectivity index (χ2v) is 7.03. The number of nitrogens with one attached hydrogen (secondary N) is 1. The standard InChI is InChI=1S/C21H20ClF3N2/c1-14-5-7-18(12-17(14)13-27-9-3-4-10-27)26-20(21(23,24)25)16-6-8-19(22)15(2)11-16/h3-12,20,26H,13H2,1-2H3/t20-/m0/s1. The van der Waals surface area contributed by atoms with Gasteiger partial charge in [0.2, 0.25) is 0 Å². The van der Waals surface area contributed by atoms with Crippen LogP contribution in [0.3, 0.4) is 0 Å². The lowest BCUT2D eigenvalue weighted by molar-refractivity contribution is -0.144. The number of hydrogen-bond donors (Lipinski definition) is 1. The molecule has 0 bridgehead atoms. The van der Waals surface area contributed by atoms with Crippen molar-refractivity contribution >= 4 is 17.3 Å². The SMILES string of the molecule is Cc1cc([C@H](Nc2ccc(C)c(Cn3cccc3)c2)C(F)(F)F)ccc1Cl.